The van der Waals surface area contributed by atoms with Crippen molar-refractivity contribution in [2.75, 3.05) is 26.3 Å². The first kappa shape index (κ1) is 22.9. The molecule has 36 heavy (non-hydrogen) atoms. The number of aromatic nitrogens is 3. The lowest BCUT2D eigenvalue weighted by Gasteiger charge is -2.16. The number of piperidine rings is 1. The minimum absolute atomic E-state index is 0.272. The average Bonchev–Trinajstić information content (AvgIpc) is 3.37. The number of carbonyl (C=O) groups is 1. The second kappa shape index (κ2) is 9.49. The average molecular weight is 500 g/mol. The van der Waals surface area contributed by atoms with Crippen molar-refractivity contribution in [3.63, 3.8) is 0 Å². The third kappa shape index (κ3) is 4.52. The number of hydrogen-bond donors (Lipinski definition) is 2. The number of H-pyrrole nitrogens is 1. The number of rotatable bonds is 6. The summed E-state index contributed by atoms with van der Waals surface area (Å²) in [6, 6.07) is 13.3. The topological polar surface area (TPSA) is 73.9 Å². The Bertz CT molecular complexity index is 1430. The molecule has 1 aromatic carbocycles. The van der Waals surface area contributed by atoms with Gasteiger partial charge in [0.15, 0.2) is 0 Å². The lowest BCUT2D eigenvalue weighted by atomic mass is 10.1. The predicted octanol–water partition coefficient (Wildman–Crippen LogP) is 4.35. The van der Waals surface area contributed by atoms with Crippen LogP contribution in [0.5, 0.6) is 0 Å². The van der Waals surface area contributed by atoms with Gasteiger partial charge in [0, 0.05) is 59.6 Å². The van der Waals surface area contributed by atoms with Crippen LogP contribution in [0.1, 0.15) is 38.5 Å². The van der Waals surface area contributed by atoms with E-state index < -0.39 is 6.04 Å². The molecule has 1 saturated carbocycles. The SMILES string of the molecule is Cc1cc(C#CC2[C@H]3CN(CCF)C[C@@H]23)cc(C(=O)NC(c2cc3ccccc3[nH]2)c2nccs2)n1. The Balaban J connectivity index is 1.21. The molecule has 4 atom stereocenters. The monoisotopic (exact) mass is 499 g/mol. The number of likely N-dealkylation sites (tertiary alicyclic amines) is 1. The number of aryl methyl sites for hydroxylation is 1. The highest BCUT2D eigenvalue weighted by atomic mass is 32.1. The molecule has 8 heteroatoms. The fraction of sp³-hybridized carbons (Fsp3) is 0.321. The van der Waals surface area contributed by atoms with Crippen LogP contribution in [0, 0.1) is 36.5 Å². The van der Waals surface area contributed by atoms with Crippen LogP contribution in [0.15, 0.2) is 54.0 Å². The van der Waals surface area contributed by atoms with Gasteiger partial charge in [-0.05, 0) is 48.4 Å². The van der Waals surface area contributed by atoms with Gasteiger partial charge in [-0.25, -0.2) is 14.4 Å². The predicted molar refractivity (Wildman–Crippen MR) is 138 cm³/mol. The van der Waals surface area contributed by atoms with E-state index in [2.05, 4.69) is 37.0 Å². The van der Waals surface area contributed by atoms with E-state index >= 15 is 0 Å². The second-order valence-electron chi connectivity index (χ2n) is 9.54. The summed E-state index contributed by atoms with van der Waals surface area (Å²) in [5.41, 5.74) is 3.74. The van der Waals surface area contributed by atoms with Crippen LogP contribution >= 0.6 is 11.3 Å². The molecule has 0 spiro atoms. The molecule has 182 valence electrons. The Morgan fingerprint density at radius 1 is 1.28 bits per heavy atom. The second-order valence-corrected chi connectivity index (χ2v) is 10.5. The van der Waals surface area contributed by atoms with Crippen molar-refractivity contribution in [2.24, 2.45) is 17.8 Å². The number of aromatic amines is 1. The van der Waals surface area contributed by atoms with Crippen molar-refractivity contribution in [1.29, 1.82) is 0 Å². The number of benzene rings is 1. The molecule has 6 rings (SSSR count). The molecule has 4 heterocycles. The zero-order chi connectivity index (χ0) is 24.6. The van der Waals surface area contributed by atoms with Gasteiger partial charge in [0.05, 0.1) is 0 Å². The molecule has 0 bridgehead atoms. The number of nitrogens with one attached hydrogen (secondary N) is 2. The van der Waals surface area contributed by atoms with Gasteiger partial charge >= 0.3 is 0 Å². The summed E-state index contributed by atoms with van der Waals surface area (Å²) in [6.45, 7) is 3.97. The van der Waals surface area contributed by atoms with Crippen LogP contribution in [-0.4, -0.2) is 52.1 Å². The molecule has 1 saturated heterocycles. The summed E-state index contributed by atoms with van der Waals surface area (Å²) in [5, 5.41) is 6.90. The number of carbonyl (C=O) groups excluding carboxylic acids is 1. The van der Waals surface area contributed by atoms with Crippen LogP contribution in [0.25, 0.3) is 10.9 Å². The fourth-order valence-electron chi connectivity index (χ4n) is 5.26. The lowest BCUT2D eigenvalue weighted by molar-refractivity contribution is 0.0937. The molecule has 2 N–H and O–H groups in total. The summed E-state index contributed by atoms with van der Waals surface area (Å²) >= 11 is 1.50. The number of alkyl halides is 1. The fourth-order valence-corrected chi connectivity index (χ4v) is 5.96. The van der Waals surface area contributed by atoms with E-state index in [1.807, 2.05) is 48.7 Å². The number of hydrogen-bond acceptors (Lipinski definition) is 5. The number of pyridine rings is 1. The van der Waals surface area contributed by atoms with Gasteiger partial charge in [-0.3, -0.25) is 4.79 Å². The van der Waals surface area contributed by atoms with Gasteiger partial charge < -0.3 is 15.2 Å². The van der Waals surface area contributed by atoms with E-state index in [1.54, 1.807) is 12.3 Å². The Kier molecular flexibility index (Phi) is 6.04. The summed E-state index contributed by atoms with van der Waals surface area (Å²) < 4.78 is 12.6. The minimum atomic E-state index is -0.417. The van der Waals surface area contributed by atoms with Gasteiger partial charge in [-0.15, -0.1) is 11.3 Å². The number of fused-ring (bicyclic) bond motifs is 2. The van der Waals surface area contributed by atoms with Crippen molar-refractivity contribution >= 4 is 28.1 Å². The van der Waals surface area contributed by atoms with E-state index in [1.165, 1.54) is 11.3 Å². The Morgan fingerprint density at radius 2 is 2.11 bits per heavy atom. The molecule has 2 aliphatic rings. The first-order chi connectivity index (χ1) is 17.6. The highest BCUT2D eigenvalue weighted by Gasteiger charge is 2.54. The molecule has 0 radical (unpaired) electrons. The Morgan fingerprint density at radius 3 is 2.86 bits per heavy atom. The third-order valence-electron chi connectivity index (χ3n) is 7.08. The van der Waals surface area contributed by atoms with Crippen LogP contribution in [0.3, 0.4) is 0 Å². The van der Waals surface area contributed by atoms with E-state index in [0.717, 1.165) is 46.0 Å². The van der Waals surface area contributed by atoms with E-state index in [9.17, 15) is 9.18 Å². The smallest absolute Gasteiger partial charge is 0.270 e. The quantitative estimate of drug-likeness (QED) is 0.387. The number of amides is 1. The lowest BCUT2D eigenvalue weighted by Crippen LogP contribution is -2.30. The van der Waals surface area contributed by atoms with Crippen molar-refractivity contribution < 1.29 is 9.18 Å². The Labute approximate surface area is 213 Å². The van der Waals surface area contributed by atoms with Gasteiger partial charge in [-0.2, -0.15) is 0 Å². The normalized spacial score (nSPS) is 21.6. The van der Waals surface area contributed by atoms with Crippen molar-refractivity contribution in [3.8, 4) is 11.8 Å². The molecule has 3 aromatic heterocycles. The molecule has 2 fully saturated rings. The van der Waals surface area contributed by atoms with Crippen molar-refractivity contribution in [1.82, 2.24) is 25.2 Å². The molecule has 1 aliphatic heterocycles. The minimum Gasteiger partial charge on any atom is -0.356 e. The van der Waals surface area contributed by atoms with E-state index in [0.29, 0.717) is 30.0 Å². The van der Waals surface area contributed by atoms with E-state index in [4.69, 9.17) is 0 Å². The largest absolute Gasteiger partial charge is 0.356 e. The van der Waals surface area contributed by atoms with Crippen LogP contribution in [0.2, 0.25) is 0 Å². The van der Waals surface area contributed by atoms with Gasteiger partial charge in [-0.1, -0.05) is 30.0 Å². The van der Waals surface area contributed by atoms with E-state index in [-0.39, 0.29) is 12.6 Å². The summed E-state index contributed by atoms with van der Waals surface area (Å²) in [7, 11) is 0. The standard InChI is InChI=1S/C28H26FN5OS/c1-17-12-18(6-7-20-21-15-34(10-8-29)16-22(20)21)13-25(31-17)27(35)33-26(28-30-9-11-36-28)24-14-19-4-2-3-5-23(19)32-24/h2-5,9,11-14,20-22,26,32H,8,10,15-16H2,1H3,(H,33,35)/t20?,21-,22+,26?. The Hall–Kier alpha value is -3.54. The van der Waals surface area contributed by atoms with Gasteiger partial charge in [0.25, 0.3) is 5.91 Å². The molecule has 6 nitrogen and oxygen atoms in total. The number of halogens is 1. The maximum atomic E-state index is 13.4. The molecule has 2 unspecified atom stereocenters. The highest BCUT2D eigenvalue weighted by molar-refractivity contribution is 7.09. The van der Waals surface area contributed by atoms with Crippen LogP contribution in [0.4, 0.5) is 4.39 Å². The van der Waals surface area contributed by atoms with Gasteiger partial charge in [0.2, 0.25) is 0 Å². The van der Waals surface area contributed by atoms with Gasteiger partial charge in [0.1, 0.15) is 23.4 Å². The molecule has 4 aromatic rings. The first-order valence-electron chi connectivity index (χ1n) is 12.2. The van der Waals surface area contributed by atoms with Crippen LogP contribution in [-0.2, 0) is 0 Å². The summed E-state index contributed by atoms with van der Waals surface area (Å²) in [4.78, 5) is 27.9. The third-order valence-corrected chi connectivity index (χ3v) is 7.92. The number of thiazole rings is 1. The molecular weight excluding hydrogens is 473 g/mol. The van der Waals surface area contributed by atoms with Crippen LogP contribution < -0.4 is 5.32 Å². The zero-order valence-electron chi connectivity index (χ0n) is 19.9. The first-order valence-corrected chi connectivity index (χ1v) is 13.0. The maximum absolute atomic E-state index is 13.4. The number of nitrogens with zero attached hydrogens (tertiary/aromatic N) is 3. The molecular formula is C28H26FN5OS. The summed E-state index contributed by atoms with van der Waals surface area (Å²) in [6.07, 6.45) is 1.74. The zero-order valence-corrected chi connectivity index (χ0v) is 20.7. The maximum Gasteiger partial charge on any atom is 0.270 e. The van der Waals surface area contributed by atoms with Crippen molar-refractivity contribution in [2.45, 2.75) is 13.0 Å². The summed E-state index contributed by atoms with van der Waals surface area (Å²) in [5.74, 6) is 7.85. The highest BCUT2D eigenvalue weighted by Crippen LogP contribution is 2.51. The molecule has 1 aliphatic carbocycles. The number of para-hydroxylation sites is 1. The molecule has 1 amide bonds. The van der Waals surface area contributed by atoms with Crippen molar-refractivity contribution in [3.05, 3.63) is 81.7 Å².